The zero-order valence-corrected chi connectivity index (χ0v) is 15.9. The number of thiazole rings is 1. The van der Waals surface area contributed by atoms with Gasteiger partial charge >= 0.3 is 0 Å². The molecule has 3 aromatic rings. The van der Waals surface area contributed by atoms with Crippen molar-refractivity contribution in [3.8, 4) is 11.3 Å². The summed E-state index contributed by atoms with van der Waals surface area (Å²) in [7, 11) is 0. The fraction of sp³-hybridized carbons (Fsp3) is 0.238. The van der Waals surface area contributed by atoms with Crippen LogP contribution in [0.25, 0.3) is 11.3 Å². The summed E-state index contributed by atoms with van der Waals surface area (Å²) in [6.45, 7) is 8.66. The Morgan fingerprint density at radius 2 is 1.68 bits per heavy atom. The number of nitrogens with zero attached hydrogens (tertiary/aromatic N) is 2. The van der Waals surface area contributed by atoms with Gasteiger partial charge in [0.15, 0.2) is 0 Å². The maximum absolute atomic E-state index is 4.59. The van der Waals surface area contributed by atoms with Crippen molar-refractivity contribution >= 4 is 22.2 Å². The molecule has 1 N–H and O–H groups in total. The minimum absolute atomic E-state index is 0.163. The maximum atomic E-state index is 4.59. The number of hydrogen-bond donors (Lipinski definition) is 1. The molecule has 0 unspecified atom stereocenters. The van der Waals surface area contributed by atoms with E-state index in [1.165, 1.54) is 5.56 Å². The Kier molecular flexibility index (Phi) is 5.00. The summed E-state index contributed by atoms with van der Waals surface area (Å²) in [5, 5.41) is 7.32. The van der Waals surface area contributed by atoms with Crippen molar-refractivity contribution < 1.29 is 0 Å². The predicted molar refractivity (Wildman–Crippen MR) is 109 cm³/mol. The van der Waals surface area contributed by atoms with Gasteiger partial charge in [-0.3, -0.25) is 5.43 Å². The molecule has 3 nitrogen and oxygen atoms in total. The molecule has 0 amide bonds. The summed E-state index contributed by atoms with van der Waals surface area (Å²) in [4.78, 5) is 4.59. The standard InChI is InChI=1S/C21H23N3S/c1-15(16-10-12-18(13-11-16)21(2,3)4)23-24-20-22-19(14-25-20)17-8-6-5-7-9-17/h5-14H,1-4H3,(H,22,24)/b23-15-. The quantitative estimate of drug-likeness (QED) is 0.467. The molecule has 0 saturated carbocycles. The molecule has 0 saturated heterocycles. The molecule has 0 radical (unpaired) electrons. The molecule has 2 aromatic carbocycles. The summed E-state index contributed by atoms with van der Waals surface area (Å²) in [5.74, 6) is 0. The molecule has 1 heterocycles. The first-order valence-corrected chi connectivity index (χ1v) is 9.23. The maximum Gasteiger partial charge on any atom is 0.203 e. The normalized spacial score (nSPS) is 12.2. The summed E-state index contributed by atoms with van der Waals surface area (Å²) >= 11 is 1.56. The molecule has 0 bridgehead atoms. The van der Waals surface area contributed by atoms with Gasteiger partial charge in [0.25, 0.3) is 0 Å². The highest BCUT2D eigenvalue weighted by atomic mass is 32.1. The molecule has 4 heteroatoms. The number of aromatic nitrogens is 1. The smallest absolute Gasteiger partial charge is 0.203 e. The van der Waals surface area contributed by atoms with Crippen molar-refractivity contribution in [1.82, 2.24) is 4.98 Å². The molecule has 128 valence electrons. The third-order valence-corrected chi connectivity index (χ3v) is 4.81. The van der Waals surface area contributed by atoms with Crippen LogP contribution in [-0.4, -0.2) is 10.7 Å². The van der Waals surface area contributed by atoms with Crippen molar-refractivity contribution in [2.45, 2.75) is 33.1 Å². The van der Waals surface area contributed by atoms with Crippen molar-refractivity contribution in [2.75, 3.05) is 5.43 Å². The molecule has 0 spiro atoms. The van der Waals surface area contributed by atoms with E-state index in [1.54, 1.807) is 11.3 Å². The van der Waals surface area contributed by atoms with E-state index in [0.717, 1.165) is 27.7 Å². The number of hydrogen-bond acceptors (Lipinski definition) is 4. The molecule has 1 aromatic heterocycles. The molecule has 0 aliphatic heterocycles. The van der Waals surface area contributed by atoms with Crippen molar-refractivity contribution in [2.24, 2.45) is 5.10 Å². The van der Waals surface area contributed by atoms with E-state index in [9.17, 15) is 0 Å². The van der Waals surface area contributed by atoms with Crippen LogP contribution >= 0.6 is 11.3 Å². The number of nitrogens with one attached hydrogen (secondary N) is 1. The minimum Gasteiger partial charge on any atom is -0.252 e. The Bertz CT molecular complexity index is 856. The highest BCUT2D eigenvalue weighted by Gasteiger charge is 2.13. The van der Waals surface area contributed by atoms with Crippen LogP contribution in [0.5, 0.6) is 0 Å². The van der Waals surface area contributed by atoms with Crippen molar-refractivity contribution in [3.05, 3.63) is 71.1 Å². The fourth-order valence-electron chi connectivity index (χ4n) is 2.47. The second-order valence-corrected chi connectivity index (χ2v) is 7.90. The average molecular weight is 350 g/mol. The molecule has 0 aliphatic carbocycles. The number of hydrazone groups is 1. The third-order valence-electron chi connectivity index (χ3n) is 4.06. The molecule has 25 heavy (non-hydrogen) atoms. The lowest BCUT2D eigenvalue weighted by Crippen LogP contribution is -2.11. The van der Waals surface area contributed by atoms with Crippen LogP contribution in [0.15, 0.2) is 65.1 Å². The molecule has 0 fully saturated rings. The minimum atomic E-state index is 0.163. The topological polar surface area (TPSA) is 37.3 Å². The number of anilines is 1. The van der Waals surface area contributed by atoms with Gasteiger partial charge in [-0.25, -0.2) is 4.98 Å². The van der Waals surface area contributed by atoms with Crippen LogP contribution in [0.3, 0.4) is 0 Å². The van der Waals surface area contributed by atoms with Gasteiger partial charge in [-0.2, -0.15) is 5.10 Å². The summed E-state index contributed by atoms with van der Waals surface area (Å²) in [6.07, 6.45) is 0. The van der Waals surface area contributed by atoms with E-state index in [1.807, 2.05) is 30.5 Å². The molecule has 0 atom stereocenters. The molecular formula is C21H23N3S. The highest BCUT2D eigenvalue weighted by molar-refractivity contribution is 7.14. The van der Waals surface area contributed by atoms with Crippen LogP contribution < -0.4 is 5.43 Å². The van der Waals surface area contributed by atoms with E-state index in [0.29, 0.717) is 0 Å². The molecule has 0 aliphatic rings. The lowest BCUT2D eigenvalue weighted by Gasteiger charge is -2.19. The van der Waals surface area contributed by atoms with E-state index in [4.69, 9.17) is 0 Å². The Labute approximate surface area is 153 Å². The largest absolute Gasteiger partial charge is 0.252 e. The summed E-state index contributed by atoms with van der Waals surface area (Å²) in [6, 6.07) is 18.8. The Morgan fingerprint density at radius 3 is 2.32 bits per heavy atom. The van der Waals surface area contributed by atoms with Gasteiger partial charge in [-0.05, 0) is 23.5 Å². The van der Waals surface area contributed by atoms with E-state index < -0.39 is 0 Å². The number of benzene rings is 2. The van der Waals surface area contributed by atoms with E-state index in [-0.39, 0.29) is 5.41 Å². The SMILES string of the molecule is C/C(=N/Nc1nc(-c2ccccc2)cs1)c1ccc(C(C)(C)C)cc1. The van der Waals surface area contributed by atoms with Crippen molar-refractivity contribution in [1.29, 1.82) is 0 Å². The first-order valence-electron chi connectivity index (χ1n) is 8.35. The van der Waals surface area contributed by atoms with Gasteiger partial charge < -0.3 is 0 Å². The lowest BCUT2D eigenvalue weighted by molar-refractivity contribution is 0.590. The third kappa shape index (κ3) is 4.34. The Balaban J connectivity index is 1.71. The van der Waals surface area contributed by atoms with Crippen molar-refractivity contribution in [3.63, 3.8) is 0 Å². The van der Waals surface area contributed by atoms with E-state index >= 15 is 0 Å². The summed E-state index contributed by atoms with van der Waals surface area (Å²) < 4.78 is 0. The van der Waals surface area contributed by atoms with Gasteiger partial charge in [0.2, 0.25) is 5.13 Å². The number of rotatable bonds is 4. The van der Waals surface area contributed by atoms with Crippen LogP contribution in [0.4, 0.5) is 5.13 Å². The molecule has 3 rings (SSSR count). The highest BCUT2D eigenvalue weighted by Crippen LogP contribution is 2.25. The van der Waals surface area contributed by atoms with Gasteiger partial charge in [0.1, 0.15) is 0 Å². The zero-order valence-electron chi connectivity index (χ0n) is 15.1. The predicted octanol–water partition coefficient (Wildman–Crippen LogP) is 5.94. The molecular weight excluding hydrogens is 326 g/mol. The first-order chi connectivity index (χ1) is 11.9. The van der Waals surface area contributed by atoms with Gasteiger partial charge in [0.05, 0.1) is 11.4 Å². The second-order valence-electron chi connectivity index (χ2n) is 7.04. The van der Waals surface area contributed by atoms with Crippen LogP contribution in [0.2, 0.25) is 0 Å². The van der Waals surface area contributed by atoms with Gasteiger partial charge in [-0.15, -0.1) is 11.3 Å². The van der Waals surface area contributed by atoms with Gasteiger partial charge in [0, 0.05) is 10.9 Å². The Hall–Kier alpha value is -2.46. The summed E-state index contributed by atoms with van der Waals surface area (Å²) in [5.41, 5.74) is 8.70. The van der Waals surface area contributed by atoms with Gasteiger partial charge in [-0.1, -0.05) is 75.4 Å². The lowest BCUT2D eigenvalue weighted by atomic mass is 9.86. The van der Waals surface area contributed by atoms with Crippen LogP contribution in [-0.2, 0) is 5.41 Å². The average Bonchev–Trinajstić information content (AvgIpc) is 3.09. The first kappa shape index (κ1) is 17.4. The van der Waals surface area contributed by atoms with E-state index in [2.05, 4.69) is 72.7 Å². The second kappa shape index (κ2) is 7.19. The monoisotopic (exact) mass is 349 g/mol. The zero-order chi connectivity index (χ0) is 17.9. The Morgan fingerprint density at radius 1 is 1.00 bits per heavy atom. The van der Waals surface area contributed by atoms with Crippen LogP contribution in [0, 0.1) is 0 Å². The van der Waals surface area contributed by atoms with Crippen LogP contribution in [0.1, 0.15) is 38.8 Å². The fourth-order valence-corrected chi connectivity index (χ4v) is 3.14.